The lowest BCUT2D eigenvalue weighted by Gasteiger charge is -2.32. The zero-order valence-electron chi connectivity index (χ0n) is 14.4. The van der Waals surface area contributed by atoms with Crippen LogP contribution >= 0.6 is 0 Å². The fourth-order valence-corrected chi connectivity index (χ4v) is 5.76. The molecular formula is C23H22O2. The Kier molecular flexibility index (Phi) is 3.34. The standard InChI is InChI=1S/C23H22O2/c1-14(24)25-20-13-18-17-12-19(20)23(18)22(16-10-6-3-7-11-16)21(17)15-8-4-2-5-9-15/h2-11,17-20,23H,12-13H2,1H3/t17-,18+,19?,20-,23+/m1/s1. The highest BCUT2D eigenvalue weighted by Gasteiger charge is 2.61. The summed E-state index contributed by atoms with van der Waals surface area (Å²) in [5, 5.41) is 0. The van der Waals surface area contributed by atoms with Crippen molar-refractivity contribution >= 4 is 17.1 Å². The molecule has 126 valence electrons. The summed E-state index contributed by atoms with van der Waals surface area (Å²) in [6.07, 6.45) is 2.29. The second-order valence-corrected chi connectivity index (χ2v) is 7.64. The molecular weight excluding hydrogens is 308 g/mol. The van der Waals surface area contributed by atoms with Crippen LogP contribution in [0.2, 0.25) is 0 Å². The van der Waals surface area contributed by atoms with Gasteiger partial charge < -0.3 is 4.74 Å². The summed E-state index contributed by atoms with van der Waals surface area (Å²) in [6, 6.07) is 21.7. The third-order valence-corrected chi connectivity index (χ3v) is 6.43. The van der Waals surface area contributed by atoms with Crippen molar-refractivity contribution in [3.63, 3.8) is 0 Å². The lowest BCUT2D eigenvalue weighted by atomic mass is 9.76. The summed E-state index contributed by atoms with van der Waals surface area (Å²) in [6.45, 7) is 1.54. The highest BCUT2D eigenvalue weighted by atomic mass is 16.5. The summed E-state index contributed by atoms with van der Waals surface area (Å²) in [4.78, 5) is 11.5. The third kappa shape index (κ3) is 2.20. The van der Waals surface area contributed by atoms with Crippen LogP contribution in [0.15, 0.2) is 60.7 Å². The van der Waals surface area contributed by atoms with Gasteiger partial charge in [-0.05, 0) is 52.9 Å². The van der Waals surface area contributed by atoms with Crippen molar-refractivity contribution in [3.8, 4) is 0 Å². The number of ether oxygens (including phenoxy) is 1. The third-order valence-electron chi connectivity index (χ3n) is 6.43. The average Bonchev–Trinajstić information content (AvgIpc) is 3.26. The van der Waals surface area contributed by atoms with E-state index in [0.29, 0.717) is 23.7 Å². The predicted octanol–water partition coefficient (Wildman–Crippen LogP) is 4.81. The van der Waals surface area contributed by atoms with Gasteiger partial charge in [0.2, 0.25) is 0 Å². The molecule has 3 aliphatic carbocycles. The highest BCUT2D eigenvalue weighted by molar-refractivity contribution is 5.97. The summed E-state index contributed by atoms with van der Waals surface area (Å²) >= 11 is 0. The maximum Gasteiger partial charge on any atom is 0.302 e. The first kappa shape index (κ1) is 14.9. The van der Waals surface area contributed by atoms with Crippen LogP contribution in [0.3, 0.4) is 0 Å². The lowest BCUT2D eigenvalue weighted by molar-refractivity contribution is -0.149. The second kappa shape index (κ2) is 5.59. The van der Waals surface area contributed by atoms with Crippen molar-refractivity contribution in [3.05, 3.63) is 71.8 Å². The number of benzene rings is 2. The topological polar surface area (TPSA) is 26.3 Å². The highest BCUT2D eigenvalue weighted by Crippen LogP contribution is 2.68. The first-order valence-corrected chi connectivity index (χ1v) is 9.26. The Morgan fingerprint density at radius 3 is 2.04 bits per heavy atom. The van der Waals surface area contributed by atoms with Crippen molar-refractivity contribution in [2.45, 2.75) is 25.9 Å². The molecule has 0 aromatic heterocycles. The number of hydrogen-bond acceptors (Lipinski definition) is 2. The molecule has 2 fully saturated rings. The van der Waals surface area contributed by atoms with Crippen molar-refractivity contribution in [2.24, 2.45) is 23.7 Å². The zero-order valence-corrected chi connectivity index (χ0v) is 14.4. The molecule has 0 aliphatic heterocycles. The fourth-order valence-electron chi connectivity index (χ4n) is 5.76. The van der Waals surface area contributed by atoms with Gasteiger partial charge in [0.25, 0.3) is 0 Å². The number of carbonyl (C=O) groups is 1. The molecule has 0 spiro atoms. The van der Waals surface area contributed by atoms with E-state index < -0.39 is 0 Å². The molecule has 25 heavy (non-hydrogen) atoms. The van der Waals surface area contributed by atoms with Gasteiger partial charge in [-0.1, -0.05) is 60.7 Å². The summed E-state index contributed by atoms with van der Waals surface area (Å²) in [7, 11) is 0. The quantitative estimate of drug-likeness (QED) is 0.755. The van der Waals surface area contributed by atoms with Crippen LogP contribution in [-0.2, 0) is 9.53 Å². The van der Waals surface area contributed by atoms with Gasteiger partial charge in [0.05, 0.1) is 0 Å². The molecule has 2 saturated carbocycles. The van der Waals surface area contributed by atoms with Gasteiger partial charge >= 0.3 is 5.97 Å². The van der Waals surface area contributed by atoms with E-state index in [0.717, 1.165) is 12.8 Å². The zero-order chi connectivity index (χ0) is 17.0. The van der Waals surface area contributed by atoms with Crippen molar-refractivity contribution in [1.29, 1.82) is 0 Å². The Bertz CT molecular complexity index is 837. The van der Waals surface area contributed by atoms with E-state index in [1.807, 2.05) is 0 Å². The Morgan fingerprint density at radius 2 is 1.44 bits per heavy atom. The van der Waals surface area contributed by atoms with E-state index in [-0.39, 0.29) is 12.1 Å². The van der Waals surface area contributed by atoms with Crippen LogP contribution in [0.4, 0.5) is 0 Å². The van der Waals surface area contributed by atoms with Gasteiger partial charge in [0.1, 0.15) is 6.10 Å². The minimum absolute atomic E-state index is 0.111. The van der Waals surface area contributed by atoms with Crippen LogP contribution in [0, 0.1) is 23.7 Å². The fraction of sp³-hybridized carbons (Fsp3) is 0.348. The minimum Gasteiger partial charge on any atom is -0.462 e. The summed E-state index contributed by atoms with van der Waals surface area (Å²) in [5.41, 5.74) is 5.75. The van der Waals surface area contributed by atoms with Gasteiger partial charge in [-0.3, -0.25) is 4.79 Å². The molecule has 1 unspecified atom stereocenters. The molecule has 0 heterocycles. The average molecular weight is 330 g/mol. The number of rotatable bonds is 3. The van der Waals surface area contributed by atoms with Crippen LogP contribution in [0.5, 0.6) is 0 Å². The molecule has 0 radical (unpaired) electrons. The van der Waals surface area contributed by atoms with E-state index in [1.54, 1.807) is 5.57 Å². The Hall–Kier alpha value is -2.35. The lowest BCUT2D eigenvalue weighted by Crippen LogP contribution is -2.29. The molecule has 0 N–H and O–H groups in total. The molecule has 3 aliphatic rings. The van der Waals surface area contributed by atoms with Crippen LogP contribution < -0.4 is 0 Å². The number of hydrogen-bond donors (Lipinski definition) is 0. The monoisotopic (exact) mass is 330 g/mol. The van der Waals surface area contributed by atoms with Gasteiger partial charge in [0.15, 0.2) is 0 Å². The SMILES string of the molecule is CC(=O)O[C@@H]1C[C@@H]2[C@@H]3C(c4ccccc4)=C(c4ccccc4)[C@@H]2CC31. The summed E-state index contributed by atoms with van der Waals surface area (Å²) in [5.74, 6) is 2.12. The molecule has 4 bridgehead atoms. The van der Waals surface area contributed by atoms with E-state index in [1.165, 1.54) is 23.6 Å². The minimum atomic E-state index is -0.137. The number of allylic oxidation sites excluding steroid dienone is 2. The molecule has 2 heteroatoms. The Labute approximate surface area is 148 Å². The van der Waals surface area contributed by atoms with Gasteiger partial charge in [-0.15, -0.1) is 0 Å². The van der Waals surface area contributed by atoms with Crippen LogP contribution in [0.25, 0.3) is 11.1 Å². The smallest absolute Gasteiger partial charge is 0.302 e. The van der Waals surface area contributed by atoms with E-state index in [2.05, 4.69) is 60.7 Å². The number of carbonyl (C=O) groups excluding carboxylic acids is 1. The second-order valence-electron chi connectivity index (χ2n) is 7.64. The van der Waals surface area contributed by atoms with Gasteiger partial charge in [-0.2, -0.15) is 0 Å². The molecule has 0 saturated heterocycles. The summed E-state index contributed by atoms with van der Waals surface area (Å²) < 4.78 is 5.66. The molecule has 5 atom stereocenters. The molecule has 2 aromatic carbocycles. The maximum absolute atomic E-state index is 11.5. The normalized spacial score (nSPS) is 32.3. The first-order chi connectivity index (χ1) is 12.2. The molecule has 2 nitrogen and oxygen atoms in total. The van der Waals surface area contributed by atoms with E-state index >= 15 is 0 Å². The Balaban J connectivity index is 1.62. The molecule has 0 amide bonds. The first-order valence-electron chi connectivity index (χ1n) is 9.26. The van der Waals surface area contributed by atoms with Crippen LogP contribution in [0.1, 0.15) is 30.9 Å². The van der Waals surface area contributed by atoms with E-state index in [9.17, 15) is 4.79 Å². The molecule has 2 aromatic rings. The Morgan fingerprint density at radius 1 is 0.840 bits per heavy atom. The van der Waals surface area contributed by atoms with Gasteiger partial charge in [-0.25, -0.2) is 0 Å². The maximum atomic E-state index is 11.5. The predicted molar refractivity (Wildman–Crippen MR) is 98.4 cm³/mol. The molecule has 5 rings (SSSR count). The van der Waals surface area contributed by atoms with Crippen molar-refractivity contribution in [1.82, 2.24) is 0 Å². The largest absolute Gasteiger partial charge is 0.462 e. The number of esters is 1. The van der Waals surface area contributed by atoms with Gasteiger partial charge in [0, 0.05) is 12.8 Å². The van der Waals surface area contributed by atoms with E-state index in [4.69, 9.17) is 4.74 Å². The van der Waals surface area contributed by atoms with Crippen molar-refractivity contribution < 1.29 is 9.53 Å². The van der Waals surface area contributed by atoms with Crippen LogP contribution in [-0.4, -0.2) is 12.1 Å². The van der Waals surface area contributed by atoms with Crippen molar-refractivity contribution in [2.75, 3.05) is 0 Å².